The van der Waals surface area contributed by atoms with Crippen LogP contribution in [0.1, 0.15) is 51.5 Å². The highest BCUT2D eigenvalue weighted by molar-refractivity contribution is 5.94. The fourth-order valence-corrected chi connectivity index (χ4v) is 3.59. The minimum absolute atomic E-state index is 0.142. The van der Waals surface area contributed by atoms with Crippen LogP contribution in [0.5, 0.6) is 0 Å². The van der Waals surface area contributed by atoms with E-state index in [1.807, 2.05) is 37.3 Å². The van der Waals surface area contributed by atoms with Gasteiger partial charge < -0.3 is 37.6 Å². The molecule has 0 aromatic heterocycles. The molecule has 37 heavy (non-hydrogen) atoms. The van der Waals surface area contributed by atoms with Crippen LogP contribution in [0.4, 0.5) is 0 Å². The molecule has 0 bridgehead atoms. The van der Waals surface area contributed by atoms with Crippen molar-refractivity contribution in [2.24, 2.45) is 17.4 Å². The molecule has 206 valence electrons. The first-order valence-electron chi connectivity index (χ1n) is 12.3. The SMILES string of the molecule is CCC(C)C(NC(=O)C(N)Cc1ccccc1)C(=O)NC(CCCCN)C(=O)NC(CC(=O)O)C(=O)O. The maximum Gasteiger partial charge on any atom is 0.326 e. The Kier molecular flexibility index (Phi) is 13.9. The maximum atomic E-state index is 13.2. The van der Waals surface area contributed by atoms with Gasteiger partial charge in [-0.1, -0.05) is 50.6 Å². The van der Waals surface area contributed by atoms with Crippen LogP contribution in [0.25, 0.3) is 0 Å². The van der Waals surface area contributed by atoms with Gasteiger partial charge in [-0.3, -0.25) is 19.2 Å². The molecule has 0 saturated carbocycles. The Balaban J connectivity index is 2.99. The Morgan fingerprint density at radius 3 is 2.05 bits per heavy atom. The second kappa shape index (κ2) is 16.3. The number of unbranched alkanes of at least 4 members (excludes halogenated alkanes) is 1. The van der Waals surface area contributed by atoms with E-state index >= 15 is 0 Å². The minimum atomic E-state index is -1.67. The lowest BCUT2D eigenvalue weighted by Gasteiger charge is -2.28. The van der Waals surface area contributed by atoms with E-state index in [4.69, 9.17) is 16.6 Å². The number of nitrogens with two attached hydrogens (primary N) is 2. The van der Waals surface area contributed by atoms with Gasteiger partial charge in [0.1, 0.15) is 18.1 Å². The summed E-state index contributed by atoms with van der Waals surface area (Å²) in [5.74, 6) is -5.22. The van der Waals surface area contributed by atoms with Gasteiger partial charge in [0.15, 0.2) is 0 Å². The Bertz CT molecular complexity index is 912. The van der Waals surface area contributed by atoms with Gasteiger partial charge in [-0.25, -0.2) is 4.79 Å². The van der Waals surface area contributed by atoms with E-state index in [1.165, 1.54) is 0 Å². The summed E-state index contributed by atoms with van der Waals surface area (Å²) in [6.07, 6.45) is 1.13. The maximum absolute atomic E-state index is 13.2. The predicted octanol–water partition coefficient (Wildman–Crippen LogP) is -0.255. The van der Waals surface area contributed by atoms with Gasteiger partial charge in [0, 0.05) is 0 Å². The van der Waals surface area contributed by atoms with E-state index in [1.54, 1.807) is 6.92 Å². The van der Waals surface area contributed by atoms with Crippen LogP contribution >= 0.6 is 0 Å². The first-order valence-corrected chi connectivity index (χ1v) is 12.3. The highest BCUT2D eigenvalue weighted by Gasteiger charge is 2.32. The van der Waals surface area contributed by atoms with Crippen LogP contribution < -0.4 is 27.4 Å². The molecule has 1 aromatic carbocycles. The highest BCUT2D eigenvalue weighted by atomic mass is 16.4. The molecule has 0 saturated heterocycles. The van der Waals surface area contributed by atoms with Crippen molar-refractivity contribution in [3.05, 3.63) is 35.9 Å². The fraction of sp³-hybridized carbons (Fsp3) is 0.560. The number of aliphatic carboxylic acids is 2. The Hall–Kier alpha value is -3.51. The lowest BCUT2D eigenvalue weighted by molar-refractivity contribution is -0.147. The number of nitrogens with one attached hydrogen (secondary N) is 3. The molecule has 0 fully saturated rings. The monoisotopic (exact) mass is 521 g/mol. The van der Waals surface area contributed by atoms with Crippen LogP contribution in [0.3, 0.4) is 0 Å². The van der Waals surface area contributed by atoms with Gasteiger partial charge in [0.2, 0.25) is 17.7 Å². The second-order valence-corrected chi connectivity index (χ2v) is 9.01. The summed E-state index contributed by atoms with van der Waals surface area (Å²) in [7, 11) is 0. The number of hydrogen-bond donors (Lipinski definition) is 7. The molecular weight excluding hydrogens is 482 g/mol. The molecule has 1 aromatic rings. The summed E-state index contributed by atoms with van der Waals surface area (Å²) in [6, 6.07) is 4.45. The van der Waals surface area contributed by atoms with E-state index in [0.717, 1.165) is 5.56 Å². The molecule has 0 heterocycles. The zero-order valence-electron chi connectivity index (χ0n) is 21.3. The standard InChI is InChI=1S/C25H39N5O7/c1-3-15(2)21(30-22(33)17(27)13-16-9-5-4-6-10-16)24(35)28-18(11-7-8-12-26)23(34)29-19(25(36)37)14-20(31)32/h4-6,9-10,15,17-19,21H,3,7-8,11-14,26-27H2,1-2H3,(H,28,35)(H,29,34)(H,30,33)(H,31,32)(H,36,37). The fourth-order valence-electron chi connectivity index (χ4n) is 3.59. The molecule has 0 radical (unpaired) electrons. The van der Waals surface area contributed by atoms with Gasteiger partial charge in [-0.05, 0) is 43.7 Å². The van der Waals surface area contributed by atoms with Gasteiger partial charge >= 0.3 is 11.9 Å². The smallest absolute Gasteiger partial charge is 0.326 e. The summed E-state index contributed by atoms with van der Waals surface area (Å²) in [4.78, 5) is 61.2. The molecule has 0 aliphatic carbocycles. The van der Waals surface area contributed by atoms with E-state index in [0.29, 0.717) is 25.8 Å². The number of carbonyl (C=O) groups excluding carboxylic acids is 3. The van der Waals surface area contributed by atoms with Gasteiger partial charge in [0.25, 0.3) is 0 Å². The van der Waals surface area contributed by atoms with Gasteiger partial charge in [0.05, 0.1) is 12.5 Å². The third-order valence-electron chi connectivity index (χ3n) is 6.00. The van der Waals surface area contributed by atoms with Crippen LogP contribution in [0.2, 0.25) is 0 Å². The largest absolute Gasteiger partial charge is 0.481 e. The second-order valence-electron chi connectivity index (χ2n) is 9.01. The number of carbonyl (C=O) groups is 5. The molecule has 9 N–H and O–H groups in total. The van der Waals surface area contributed by atoms with Crippen molar-refractivity contribution in [3.63, 3.8) is 0 Å². The van der Waals surface area contributed by atoms with Crippen molar-refractivity contribution in [2.45, 2.75) is 76.5 Å². The van der Waals surface area contributed by atoms with Crippen LogP contribution in [-0.2, 0) is 30.4 Å². The Labute approximate surface area is 216 Å². The summed E-state index contributed by atoms with van der Waals surface area (Å²) >= 11 is 0. The minimum Gasteiger partial charge on any atom is -0.481 e. The van der Waals surface area contributed by atoms with Crippen LogP contribution in [0.15, 0.2) is 30.3 Å². The summed E-state index contributed by atoms with van der Waals surface area (Å²) in [6.45, 7) is 3.96. The van der Waals surface area contributed by atoms with Gasteiger partial charge in [-0.15, -0.1) is 0 Å². The number of rotatable bonds is 17. The first kappa shape index (κ1) is 31.5. The zero-order chi connectivity index (χ0) is 28.0. The number of carboxylic acids is 2. The van der Waals surface area contributed by atoms with Crippen molar-refractivity contribution in [1.29, 1.82) is 0 Å². The normalized spacial score (nSPS) is 14.9. The van der Waals surface area contributed by atoms with Crippen molar-refractivity contribution < 1.29 is 34.2 Å². The molecule has 5 unspecified atom stereocenters. The summed E-state index contributed by atoms with van der Waals surface area (Å²) in [5.41, 5.74) is 12.5. The molecule has 3 amide bonds. The predicted molar refractivity (Wildman–Crippen MR) is 136 cm³/mol. The molecule has 0 aliphatic heterocycles. The summed E-state index contributed by atoms with van der Waals surface area (Å²) < 4.78 is 0. The lowest BCUT2D eigenvalue weighted by atomic mass is 9.96. The number of benzene rings is 1. The number of carboxylic acid groups (broad SMARTS) is 2. The third kappa shape index (κ3) is 11.4. The van der Waals surface area contributed by atoms with E-state index in [-0.39, 0.29) is 18.8 Å². The average Bonchev–Trinajstić information content (AvgIpc) is 2.85. The molecule has 12 heteroatoms. The molecule has 0 spiro atoms. The third-order valence-corrected chi connectivity index (χ3v) is 6.00. The zero-order valence-corrected chi connectivity index (χ0v) is 21.3. The van der Waals surface area contributed by atoms with E-state index in [9.17, 15) is 29.1 Å². The highest BCUT2D eigenvalue weighted by Crippen LogP contribution is 2.11. The quantitative estimate of drug-likeness (QED) is 0.134. The molecular formula is C25H39N5O7. The molecule has 12 nitrogen and oxygen atoms in total. The van der Waals surface area contributed by atoms with Crippen molar-refractivity contribution in [3.8, 4) is 0 Å². The van der Waals surface area contributed by atoms with Gasteiger partial charge in [-0.2, -0.15) is 0 Å². The molecule has 1 rings (SSSR count). The summed E-state index contributed by atoms with van der Waals surface area (Å²) in [5, 5.41) is 25.6. The topological polar surface area (TPSA) is 214 Å². The van der Waals surface area contributed by atoms with Crippen molar-refractivity contribution in [1.82, 2.24) is 16.0 Å². The van der Waals surface area contributed by atoms with Crippen LogP contribution in [-0.4, -0.2) is 70.6 Å². The average molecular weight is 522 g/mol. The van der Waals surface area contributed by atoms with Crippen LogP contribution in [0, 0.1) is 5.92 Å². The van der Waals surface area contributed by atoms with Crippen molar-refractivity contribution in [2.75, 3.05) is 6.54 Å². The first-order chi connectivity index (χ1) is 17.5. The molecule has 0 aliphatic rings. The molecule has 5 atom stereocenters. The van der Waals surface area contributed by atoms with E-state index in [2.05, 4.69) is 16.0 Å². The number of amides is 3. The Morgan fingerprint density at radius 2 is 1.51 bits per heavy atom. The number of hydrogen-bond acceptors (Lipinski definition) is 7. The van der Waals surface area contributed by atoms with Crippen molar-refractivity contribution >= 4 is 29.7 Å². The Morgan fingerprint density at radius 1 is 0.892 bits per heavy atom. The lowest BCUT2D eigenvalue weighted by Crippen LogP contribution is -2.58. The van der Waals surface area contributed by atoms with E-state index < -0.39 is 60.2 Å².